The monoisotopic (exact) mass is 492 g/mol. The molecule has 0 saturated heterocycles. The van der Waals surface area contributed by atoms with E-state index < -0.39 is 25.6 Å². The van der Waals surface area contributed by atoms with E-state index in [2.05, 4.69) is 20.0 Å². The molecule has 13 nitrogen and oxygen atoms in total. The van der Waals surface area contributed by atoms with Gasteiger partial charge in [-0.3, -0.25) is 9.36 Å². The first kappa shape index (κ1) is 23.7. The van der Waals surface area contributed by atoms with Crippen LogP contribution in [0.2, 0.25) is 0 Å². The van der Waals surface area contributed by atoms with Gasteiger partial charge in [-0.05, 0) is 26.0 Å². The number of ether oxygens (including phenoxy) is 4. The van der Waals surface area contributed by atoms with Crippen LogP contribution in [0.3, 0.4) is 0 Å². The summed E-state index contributed by atoms with van der Waals surface area (Å²) < 4.78 is 42.4. The van der Waals surface area contributed by atoms with Crippen molar-refractivity contribution in [3.63, 3.8) is 0 Å². The van der Waals surface area contributed by atoms with Crippen LogP contribution in [0.15, 0.2) is 30.9 Å². The number of nitrogens with one attached hydrogen (secondary N) is 1. The van der Waals surface area contributed by atoms with Crippen LogP contribution in [0.4, 0.5) is 5.82 Å². The van der Waals surface area contributed by atoms with Crippen molar-refractivity contribution in [1.29, 1.82) is 0 Å². The van der Waals surface area contributed by atoms with Gasteiger partial charge < -0.3 is 33.8 Å². The van der Waals surface area contributed by atoms with Crippen molar-refractivity contribution in [3.05, 3.63) is 30.9 Å². The third-order valence-corrected chi connectivity index (χ3v) is 6.73. The topological polar surface area (TPSA) is 162 Å². The first-order valence-electron chi connectivity index (χ1n) is 10.3. The number of carbonyl (C=O) groups is 1. The summed E-state index contributed by atoms with van der Waals surface area (Å²) in [4.78, 5) is 24.3. The summed E-state index contributed by atoms with van der Waals surface area (Å²) in [6.07, 6.45) is 2.19. The first-order valence-corrected chi connectivity index (χ1v) is 12.2. The molecule has 0 radical (unpaired) electrons. The van der Waals surface area contributed by atoms with Crippen molar-refractivity contribution in [1.82, 2.24) is 24.6 Å². The molecule has 34 heavy (non-hydrogen) atoms. The van der Waals surface area contributed by atoms with Crippen LogP contribution in [-0.4, -0.2) is 57.9 Å². The van der Waals surface area contributed by atoms with Crippen molar-refractivity contribution >= 4 is 30.5 Å². The maximum atomic E-state index is 13.7. The second kappa shape index (κ2) is 9.84. The Kier molecular flexibility index (Phi) is 6.87. The summed E-state index contributed by atoms with van der Waals surface area (Å²) in [5.74, 6) is 0.971. The van der Waals surface area contributed by atoms with Crippen LogP contribution in [-0.2, 0) is 25.4 Å². The van der Waals surface area contributed by atoms with Crippen LogP contribution < -0.4 is 24.8 Å². The van der Waals surface area contributed by atoms with Gasteiger partial charge in [-0.25, -0.2) is 20.0 Å². The third kappa shape index (κ3) is 5.22. The number of nitrogens with zero attached hydrogens (tertiary/aromatic N) is 4. The molecule has 182 valence electrons. The molecule has 0 fully saturated rings. The second-order valence-corrected chi connectivity index (χ2v) is 9.63. The smallest absolute Gasteiger partial charge is 0.342 e. The third-order valence-electron chi connectivity index (χ3n) is 4.95. The van der Waals surface area contributed by atoms with Crippen molar-refractivity contribution in [2.24, 2.45) is 0 Å². The van der Waals surface area contributed by atoms with E-state index in [-0.39, 0.29) is 24.7 Å². The molecule has 14 heteroatoms. The Morgan fingerprint density at radius 3 is 2.85 bits per heavy atom. The molecular weight excluding hydrogens is 467 g/mol. The number of nitrogen functional groups attached to an aromatic ring is 1. The fourth-order valence-corrected chi connectivity index (χ4v) is 5.09. The van der Waals surface area contributed by atoms with Gasteiger partial charge in [-0.1, -0.05) is 0 Å². The number of benzene rings is 1. The summed E-state index contributed by atoms with van der Waals surface area (Å²) >= 11 is 0. The van der Waals surface area contributed by atoms with Gasteiger partial charge in [0.25, 0.3) is 0 Å². The van der Waals surface area contributed by atoms with E-state index in [0.717, 1.165) is 0 Å². The molecule has 2 aromatic heterocycles. The minimum atomic E-state index is -3.73. The predicted octanol–water partition coefficient (Wildman–Crippen LogP) is 1.92. The molecule has 1 aromatic carbocycles. The quantitative estimate of drug-likeness (QED) is 0.313. The largest absolute Gasteiger partial charge is 0.468 e. The molecule has 1 aliphatic heterocycles. The average Bonchev–Trinajstić information content (AvgIpc) is 3.44. The molecule has 4 rings (SSSR count). The van der Waals surface area contributed by atoms with Crippen molar-refractivity contribution in [2.45, 2.75) is 32.5 Å². The average molecular weight is 492 g/mol. The minimum absolute atomic E-state index is 0.0915. The molecule has 0 aliphatic carbocycles. The summed E-state index contributed by atoms with van der Waals surface area (Å²) in [5, 5.41) is 2.72. The number of esters is 1. The number of hydrogen-bond acceptors (Lipinski definition) is 11. The lowest BCUT2D eigenvalue weighted by atomic mass is 10.3. The van der Waals surface area contributed by atoms with Gasteiger partial charge in [0.05, 0.1) is 26.1 Å². The standard InChI is InChI=1S/C20H25N6O7P/c1-12(7-26-9-24-17-18(21)22-8-23-19(17)26)32-11-34(28,25-13(2)20(27)29-3)33-14-4-5-15-16(6-14)31-10-30-15/h4-6,8-9,12-13H,7,10-11H2,1-3H3,(H,25,28)(H2,21,22,23)/t12-,13-,34?/m1/s1. The number of hydrogen-bond donors (Lipinski definition) is 2. The van der Waals surface area contributed by atoms with Gasteiger partial charge in [0.15, 0.2) is 23.0 Å². The van der Waals surface area contributed by atoms with Gasteiger partial charge in [0.1, 0.15) is 30.0 Å². The van der Waals surface area contributed by atoms with E-state index in [4.69, 9.17) is 29.2 Å². The lowest BCUT2D eigenvalue weighted by Gasteiger charge is -2.25. The number of rotatable bonds is 10. The van der Waals surface area contributed by atoms with E-state index in [1.54, 1.807) is 36.0 Å². The van der Waals surface area contributed by atoms with Gasteiger partial charge in [0, 0.05) is 6.07 Å². The van der Waals surface area contributed by atoms with E-state index in [1.807, 2.05) is 0 Å². The lowest BCUT2D eigenvalue weighted by molar-refractivity contribution is -0.142. The Balaban J connectivity index is 1.47. The number of methoxy groups -OCH3 is 1. The summed E-state index contributed by atoms with van der Waals surface area (Å²) in [5.41, 5.74) is 6.87. The van der Waals surface area contributed by atoms with E-state index in [1.165, 1.54) is 20.4 Å². The van der Waals surface area contributed by atoms with E-state index >= 15 is 0 Å². The van der Waals surface area contributed by atoms with Crippen LogP contribution >= 0.6 is 7.52 Å². The highest BCUT2D eigenvalue weighted by atomic mass is 31.2. The van der Waals surface area contributed by atoms with Crippen molar-refractivity contribution in [3.8, 4) is 17.2 Å². The van der Waals surface area contributed by atoms with Gasteiger partial charge in [-0.2, -0.15) is 0 Å². The van der Waals surface area contributed by atoms with E-state index in [9.17, 15) is 9.36 Å². The van der Waals surface area contributed by atoms with Crippen LogP contribution in [0.25, 0.3) is 11.2 Å². The number of anilines is 1. The highest BCUT2D eigenvalue weighted by Gasteiger charge is 2.32. The zero-order valence-electron chi connectivity index (χ0n) is 18.8. The minimum Gasteiger partial charge on any atom is -0.468 e. The molecule has 3 N–H and O–H groups in total. The number of aromatic nitrogens is 4. The van der Waals surface area contributed by atoms with Gasteiger partial charge in [-0.15, -0.1) is 0 Å². The Bertz CT molecular complexity index is 1240. The fourth-order valence-electron chi connectivity index (χ4n) is 3.31. The van der Waals surface area contributed by atoms with Crippen LogP contribution in [0, 0.1) is 0 Å². The molecule has 0 saturated carbocycles. The van der Waals surface area contributed by atoms with Crippen LogP contribution in [0.1, 0.15) is 13.8 Å². The zero-order valence-corrected chi connectivity index (χ0v) is 19.7. The lowest BCUT2D eigenvalue weighted by Crippen LogP contribution is -2.35. The molecule has 1 aliphatic rings. The van der Waals surface area contributed by atoms with Crippen molar-refractivity contribution in [2.75, 3.05) is 26.0 Å². The molecule has 0 bridgehead atoms. The number of imidazole rings is 1. The van der Waals surface area contributed by atoms with Crippen molar-refractivity contribution < 1.29 is 32.8 Å². The van der Waals surface area contributed by atoms with E-state index in [0.29, 0.717) is 29.2 Å². The highest BCUT2D eigenvalue weighted by Crippen LogP contribution is 2.46. The molecule has 3 atom stereocenters. The molecule has 0 amide bonds. The molecular formula is C20H25N6O7P. The second-order valence-electron chi connectivity index (χ2n) is 7.59. The highest BCUT2D eigenvalue weighted by molar-refractivity contribution is 7.57. The summed E-state index contributed by atoms with van der Waals surface area (Å²) in [7, 11) is -2.48. The van der Waals surface area contributed by atoms with Gasteiger partial charge in [0.2, 0.25) is 6.79 Å². The Labute approximate surface area is 195 Å². The molecule has 0 spiro atoms. The first-order chi connectivity index (χ1) is 16.3. The normalized spacial score (nSPS) is 16.1. The van der Waals surface area contributed by atoms with Gasteiger partial charge >= 0.3 is 13.5 Å². The maximum Gasteiger partial charge on any atom is 0.342 e. The Morgan fingerprint density at radius 1 is 1.26 bits per heavy atom. The Morgan fingerprint density at radius 2 is 2.06 bits per heavy atom. The number of carbonyl (C=O) groups excluding carboxylic acids is 1. The molecule has 3 aromatic rings. The van der Waals surface area contributed by atoms with Crippen LogP contribution in [0.5, 0.6) is 17.2 Å². The summed E-state index contributed by atoms with van der Waals surface area (Å²) in [6, 6.07) is 3.90. The summed E-state index contributed by atoms with van der Waals surface area (Å²) in [6.45, 7) is 3.76. The molecule has 3 heterocycles. The fraction of sp³-hybridized carbons (Fsp3) is 0.400. The Hall–Kier alpha value is -3.41. The number of nitrogens with two attached hydrogens (primary N) is 1. The zero-order chi connectivity index (χ0) is 24.3. The molecule has 1 unspecified atom stereocenters. The predicted molar refractivity (Wildman–Crippen MR) is 121 cm³/mol. The SMILES string of the molecule is COC(=O)[C@@H](C)NP(=O)(CO[C@H](C)Cn1cnc2c(N)ncnc21)Oc1ccc2c(c1)OCO2. The maximum absolute atomic E-state index is 13.7. The number of fused-ring (bicyclic) bond motifs is 2.